The SMILES string of the molecule is CC(Sc1nnc(-c2ccc(F)cc2)n1-c1ccccc1)C(=O)N1CCc2ccccc21. The van der Waals surface area contributed by atoms with E-state index in [9.17, 15) is 9.18 Å². The predicted octanol–water partition coefficient (Wildman–Crippen LogP) is 5.14. The number of fused-ring (bicyclic) bond motifs is 1. The predicted molar refractivity (Wildman–Crippen MR) is 125 cm³/mol. The summed E-state index contributed by atoms with van der Waals surface area (Å²) in [4.78, 5) is 15.1. The molecule has 160 valence electrons. The second-order valence-electron chi connectivity index (χ2n) is 7.61. The molecule has 0 N–H and O–H groups in total. The summed E-state index contributed by atoms with van der Waals surface area (Å²) in [5.74, 6) is 0.343. The molecule has 1 aromatic heterocycles. The van der Waals surface area contributed by atoms with Gasteiger partial charge in [0.1, 0.15) is 5.82 Å². The number of para-hydroxylation sites is 2. The summed E-state index contributed by atoms with van der Waals surface area (Å²) in [6.45, 7) is 2.59. The maximum atomic E-state index is 13.5. The van der Waals surface area contributed by atoms with E-state index in [1.54, 1.807) is 12.1 Å². The highest BCUT2D eigenvalue weighted by atomic mass is 32.2. The highest BCUT2D eigenvalue weighted by Crippen LogP contribution is 2.33. The number of anilines is 1. The minimum Gasteiger partial charge on any atom is -0.311 e. The minimum atomic E-state index is -0.353. The van der Waals surface area contributed by atoms with Gasteiger partial charge >= 0.3 is 0 Å². The maximum absolute atomic E-state index is 13.5. The van der Waals surface area contributed by atoms with E-state index in [-0.39, 0.29) is 17.0 Å². The number of thioether (sulfide) groups is 1. The average molecular weight is 445 g/mol. The Kier molecular flexibility index (Phi) is 5.49. The van der Waals surface area contributed by atoms with Crippen LogP contribution in [0.4, 0.5) is 10.1 Å². The van der Waals surface area contributed by atoms with Crippen molar-refractivity contribution in [3.8, 4) is 17.1 Å². The Bertz CT molecular complexity index is 1260. The molecule has 0 aliphatic carbocycles. The van der Waals surface area contributed by atoms with Gasteiger partial charge in [0.15, 0.2) is 11.0 Å². The molecule has 7 heteroatoms. The van der Waals surface area contributed by atoms with E-state index < -0.39 is 0 Å². The lowest BCUT2D eigenvalue weighted by atomic mass is 10.2. The fourth-order valence-corrected chi connectivity index (χ4v) is 4.87. The smallest absolute Gasteiger partial charge is 0.240 e. The second kappa shape index (κ2) is 8.59. The van der Waals surface area contributed by atoms with Crippen molar-refractivity contribution in [3.63, 3.8) is 0 Å². The zero-order valence-corrected chi connectivity index (χ0v) is 18.3. The third-order valence-electron chi connectivity index (χ3n) is 5.53. The highest BCUT2D eigenvalue weighted by molar-refractivity contribution is 8.00. The Hall–Kier alpha value is -3.45. The molecule has 0 radical (unpaired) electrons. The molecule has 3 aromatic carbocycles. The van der Waals surface area contributed by atoms with E-state index in [1.165, 1.54) is 29.5 Å². The van der Waals surface area contributed by atoms with Gasteiger partial charge in [0.05, 0.1) is 5.25 Å². The van der Waals surface area contributed by atoms with Crippen LogP contribution >= 0.6 is 11.8 Å². The van der Waals surface area contributed by atoms with E-state index in [0.29, 0.717) is 17.5 Å². The average Bonchev–Trinajstić information content (AvgIpc) is 3.44. The summed E-state index contributed by atoms with van der Waals surface area (Å²) < 4.78 is 15.4. The van der Waals surface area contributed by atoms with Gasteiger partial charge in [-0.1, -0.05) is 48.2 Å². The van der Waals surface area contributed by atoms with E-state index in [4.69, 9.17) is 0 Å². The first kappa shape index (κ1) is 20.5. The quantitative estimate of drug-likeness (QED) is 0.400. The van der Waals surface area contributed by atoms with Crippen molar-refractivity contribution in [2.45, 2.75) is 23.8 Å². The van der Waals surface area contributed by atoms with Gasteiger partial charge in [-0.05, 0) is 61.4 Å². The Morgan fingerprint density at radius 1 is 0.969 bits per heavy atom. The van der Waals surface area contributed by atoms with Crippen LogP contribution in [0.2, 0.25) is 0 Å². The van der Waals surface area contributed by atoms with Crippen LogP contribution in [-0.4, -0.2) is 32.5 Å². The lowest BCUT2D eigenvalue weighted by molar-refractivity contribution is -0.117. The molecule has 0 saturated carbocycles. The molecule has 0 spiro atoms. The molecule has 4 aromatic rings. The van der Waals surface area contributed by atoms with Gasteiger partial charge in [0.25, 0.3) is 0 Å². The number of amides is 1. The molecule has 5 rings (SSSR count). The van der Waals surface area contributed by atoms with Crippen molar-refractivity contribution in [3.05, 3.63) is 90.2 Å². The summed E-state index contributed by atoms with van der Waals surface area (Å²) in [6, 6.07) is 24.0. The van der Waals surface area contributed by atoms with Crippen LogP contribution in [-0.2, 0) is 11.2 Å². The molecular weight excluding hydrogens is 423 g/mol. The van der Waals surface area contributed by atoms with E-state index in [0.717, 1.165) is 23.4 Å². The first-order valence-corrected chi connectivity index (χ1v) is 11.3. The highest BCUT2D eigenvalue weighted by Gasteiger charge is 2.30. The van der Waals surface area contributed by atoms with Crippen LogP contribution in [0.25, 0.3) is 17.1 Å². The number of halogens is 1. The number of carbonyl (C=O) groups is 1. The lowest BCUT2D eigenvalue weighted by Crippen LogP contribution is -2.35. The largest absolute Gasteiger partial charge is 0.311 e. The number of rotatable bonds is 5. The third kappa shape index (κ3) is 3.80. The van der Waals surface area contributed by atoms with Crippen LogP contribution in [0.15, 0.2) is 84.0 Å². The lowest BCUT2D eigenvalue weighted by Gasteiger charge is -2.21. The third-order valence-corrected chi connectivity index (χ3v) is 6.56. The van der Waals surface area contributed by atoms with Gasteiger partial charge < -0.3 is 4.90 Å². The van der Waals surface area contributed by atoms with Gasteiger partial charge in [0.2, 0.25) is 5.91 Å². The molecule has 1 aliphatic rings. The summed E-state index contributed by atoms with van der Waals surface area (Å²) in [7, 11) is 0. The molecule has 0 saturated heterocycles. The van der Waals surface area contributed by atoms with Crippen LogP contribution in [0.3, 0.4) is 0 Å². The minimum absolute atomic E-state index is 0.0471. The van der Waals surface area contributed by atoms with Crippen molar-refractivity contribution in [2.24, 2.45) is 0 Å². The number of hydrogen-bond donors (Lipinski definition) is 0. The van der Waals surface area contributed by atoms with Crippen LogP contribution in [0.5, 0.6) is 0 Å². The van der Waals surface area contributed by atoms with E-state index in [1.807, 2.05) is 64.9 Å². The number of benzene rings is 3. The zero-order valence-electron chi connectivity index (χ0n) is 17.5. The summed E-state index contributed by atoms with van der Waals surface area (Å²) in [6.07, 6.45) is 0.869. The monoisotopic (exact) mass is 444 g/mol. The van der Waals surface area contributed by atoms with Crippen LogP contribution in [0, 0.1) is 5.82 Å². The van der Waals surface area contributed by atoms with Crippen molar-refractivity contribution in [1.82, 2.24) is 14.8 Å². The van der Waals surface area contributed by atoms with Gasteiger partial charge in [-0.2, -0.15) is 0 Å². The topological polar surface area (TPSA) is 51.0 Å². The number of carbonyl (C=O) groups excluding carboxylic acids is 1. The maximum Gasteiger partial charge on any atom is 0.240 e. The van der Waals surface area contributed by atoms with Crippen molar-refractivity contribution >= 4 is 23.4 Å². The number of aromatic nitrogens is 3. The van der Waals surface area contributed by atoms with Crippen LogP contribution < -0.4 is 4.90 Å². The van der Waals surface area contributed by atoms with Gasteiger partial charge in [0, 0.05) is 23.5 Å². The number of hydrogen-bond acceptors (Lipinski definition) is 4. The van der Waals surface area contributed by atoms with Gasteiger partial charge in [-0.3, -0.25) is 9.36 Å². The second-order valence-corrected chi connectivity index (χ2v) is 8.92. The summed E-state index contributed by atoms with van der Waals surface area (Å²) in [5, 5.41) is 9.04. The molecule has 2 heterocycles. The first-order chi connectivity index (χ1) is 15.6. The fourth-order valence-electron chi connectivity index (χ4n) is 3.94. The molecule has 0 fully saturated rings. The summed E-state index contributed by atoms with van der Waals surface area (Å²) >= 11 is 1.38. The Morgan fingerprint density at radius 3 is 2.47 bits per heavy atom. The molecule has 32 heavy (non-hydrogen) atoms. The Labute approximate surface area is 189 Å². The molecule has 5 nitrogen and oxygen atoms in total. The Balaban J connectivity index is 1.47. The number of nitrogens with zero attached hydrogens (tertiary/aromatic N) is 4. The molecule has 1 amide bonds. The molecule has 0 bridgehead atoms. The zero-order chi connectivity index (χ0) is 22.1. The Morgan fingerprint density at radius 2 is 1.69 bits per heavy atom. The van der Waals surface area contributed by atoms with Gasteiger partial charge in [-0.15, -0.1) is 10.2 Å². The van der Waals surface area contributed by atoms with Gasteiger partial charge in [-0.25, -0.2) is 4.39 Å². The molecule has 1 aliphatic heterocycles. The van der Waals surface area contributed by atoms with E-state index >= 15 is 0 Å². The molecule has 1 unspecified atom stereocenters. The normalized spacial score (nSPS) is 13.8. The van der Waals surface area contributed by atoms with Crippen molar-refractivity contribution in [1.29, 1.82) is 0 Å². The summed E-state index contributed by atoms with van der Waals surface area (Å²) in [5.41, 5.74) is 3.82. The standard InChI is InChI=1S/C25H21FN4OS/c1-17(24(31)29-16-15-18-7-5-6-10-22(18)29)32-25-28-27-23(19-11-13-20(26)14-12-19)30(25)21-8-3-2-4-9-21/h2-14,17H,15-16H2,1H3. The molecular formula is C25H21FN4OS. The van der Waals surface area contributed by atoms with Crippen molar-refractivity contribution in [2.75, 3.05) is 11.4 Å². The fraction of sp³-hybridized carbons (Fsp3) is 0.160. The molecule has 1 atom stereocenters. The van der Waals surface area contributed by atoms with E-state index in [2.05, 4.69) is 16.3 Å². The first-order valence-electron chi connectivity index (χ1n) is 10.4. The van der Waals surface area contributed by atoms with Crippen molar-refractivity contribution < 1.29 is 9.18 Å². The van der Waals surface area contributed by atoms with Crippen LogP contribution in [0.1, 0.15) is 12.5 Å².